The lowest BCUT2D eigenvalue weighted by atomic mass is 10.1. The molecule has 2 amide bonds. The molecule has 0 radical (unpaired) electrons. The van der Waals surface area contributed by atoms with E-state index in [1.54, 1.807) is 24.4 Å². The highest BCUT2D eigenvalue weighted by Gasteiger charge is 2.14. The molecule has 34 heavy (non-hydrogen) atoms. The minimum atomic E-state index is -0.324. The van der Waals surface area contributed by atoms with E-state index in [2.05, 4.69) is 20.5 Å². The van der Waals surface area contributed by atoms with Crippen LogP contribution in [0, 0.1) is 0 Å². The number of fused-ring (bicyclic) bond motifs is 1. The molecule has 2 aromatic carbocycles. The average Bonchev–Trinajstić information content (AvgIpc) is 3.31. The maximum atomic E-state index is 12.5. The summed E-state index contributed by atoms with van der Waals surface area (Å²) in [5.74, 6) is 0.661. The van der Waals surface area contributed by atoms with Gasteiger partial charge < -0.3 is 24.7 Å². The second-order valence-electron chi connectivity index (χ2n) is 8.03. The Bertz CT molecular complexity index is 1260. The summed E-state index contributed by atoms with van der Waals surface area (Å²) in [4.78, 5) is 31.5. The standard InChI is InChI=1S/C26H24N4O4/c31-25(28-21-9-10-24(27-17-21)30-11-13-33-14-12-30)15-18-5-7-20(8-6-18)29-26(32)23-16-19-3-1-2-4-22(19)34-23/h1-10,16-17H,11-15H2,(H,28,31)(H,29,32). The summed E-state index contributed by atoms with van der Waals surface area (Å²) in [7, 11) is 0. The third-order valence-electron chi connectivity index (χ3n) is 5.59. The number of nitrogens with one attached hydrogen (secondary N) is 2. The van der Waals surface area contributed by atoms with Crippen LogP contribution in [0.1, 0.15) is 16.1 Å². The number of pyridine rings is 1. The van der Waals surface area contributed by atoms with Crippen molar-refractivity contribution >= 4 is 40.0 Å². The van der Waals surface area contributed by atoms with Gasteiger partial charge in [-0.1, -0.05) is 30.3 Å². The third-order valence-corrected chi connectivity index (χ3v) is 5.59. The van der Waals surface area contributed by atoms with Crippen LogP contribution in [0.2, 0.25) is 0 Å². The first-order valence-electron chi connectivity index (χ1n) is 11.1. The number of carbonyl (C=O) groups is 2. The number of carbonyl (C=O) groups excluding carboxylic acids is 2. The number of benzene rings is 2. The first-order valence-corrected chi connectivity index (χ1v) is 11.1. The van der Waals surface area contributed by atoms with E-state index in [4.69, 9.17) is 9.15 Å². The highest BCUT2D eigenvalue weighted by molar-refractivity contribution is 6.04. The van der Waals surface area contributed by atoms with E-state index in [1.807, 2.05) is 48.5 Å². The lowest BCUT2D eigenvalue weighted by molar-refractivity contribution is -0.115. The van der Waals surface area contributed by atoms with Crippen molar-refractivity contribution in [3.05, 3.63) is 84.3 Å². The largest absolute Gasteiger partial charge is 0.451 e. The lowest BCUT2D eigenvalue weighted by Gasteiger charge is -2.27. The zero-order chi connectivity index (χ0) is 23.3. The van der Waals surface area contributed by atoms with Gasteiger partial charge in [0.2, 0.25) is 5.91 Å². The normalized spacial score (nSPS) is 13.6. The van der Waals surface area contributed by atoms with E-state index >= 15 is 0 Å². The Morgan fingerprint density at radius 1 is 0.912 bits per heavy atom. The lowest BCUT2D eigenvalue weighted by Crippen LogP contribution is -2.36. The van der Waals surface area contributed by atoms with Gasteiger partial charge in [-0.25, -0.2) is 4.98 Å². The molecule has 0 unspecified atom stereocenters. The Morgan fingerprint density at radius 3 is 2.41 bits per heavy atom. The molecule has 0 spiro atoms. The topological polar surface area (TPSA) is 96.7 Å². The van der Waals surface area contributed by atoms with Gasteiger partial charge in [0.25, 0.3) is 5.91 Å². The van der Waals surface area contributed by atoms with E-state index in [-0.39, 0.29) is 24.0 Å². The van der Waals surface area contributed by atoms with Crippen molar-refractivity contribution in [2.24, 2.45) is 0 Å². The van der Waals surface area contributed by atoms with Gasteiger partial charge in [0.15, 0.2) is 5.76 Å². The molecular weight excluding hydrogens is 432 g/mol. The second-order valence-corrected chi connectivity index (χ2v) is 8.03. The third kappa shape index (κ3) is 5.07. The smallest absolute Gasteiger partial charge is 0.291 e. The molecule has 1 saturated heterocycles. The summed E-state index contributed by atoms with van der Waals surface area (Å²) in [6.07, 6.45) is 1.88. The first kappa shape index (κ1) is 21.7. The number of furan rings is 1. The fourth-order valence-electron chi connectivity index (χ4n) is 3.82. The van der Waals surface area contributed by atoms with Gasteiger partial charge >= 0.3 is 0 Å². The van der Waals surface area contributed by atoms with Crippen molar-refractivity contribution in [3.8, 4) is 0 Å². The minimum absolute atomic E-state index is 0.139. The molecule has 8 heteroatoms. The van der Waals surface area contributed by atoms with Crippen LogP contribution in [0.15, 0.2) is 77.3 Å². The van der Waals surface area contributed by atoms with Crippen molar-refractivity contribution < 1.29 is 18.7 Å². The fourth-order valence-corrected chi connectivity index (χ4v) is 3.82. The highest BCUT2D eigenvalue weighted by atomic mass is 16.5. The van der Waals surface area contributed by atoms with Gasteiger partial charge in [0.1, 0.15) is 11.4 Å². The number of morpholine rings is 1. The summed E-state index contributed by atoms with van der Waals surface area (Å²) in [5.41, 5.74) is 2.77. The summed E-state index contributed by atoms with van der Waals surface area (Å²) < 4.78 is 11.0. The molecule has 0 atom stereocenters. The molecule has 172 valence electrons. The van der Waals surface area contributed by atoms with Crippen molar-refractivity contribution in [3.63, 3.8) is 0 Å². The molecular formula is C26H24N4O4. The fraction of sp³-hybridized carbons (Fsp3) is 0.192. The second kappa shape index (κ2) is 9.76. The predicted molar refractivity (Wildman–Crippen MR) is 130 cm³/mol. The maximum absolute atomic E-state index is 12.5. The highest BCUT2D eigenvalue weighted by Crippen LogP contribution is 2.20. The Labute approximate surface area is 196 Å². The summed E-state index contributed by atoms with van der Waals surface area (Å²) in [5, 5.41) is 6.57. The van der Waals surface area contributed by atoms with Gasteiger partial charge in [-0.05, 0) is 42.0 Å². The number of hydrogen-bond donors (Lipinski definition) is 2. The van der Waals surface area contributed by atoms with Crippen LogP contribution in [0.4, 0.5) is 17.2 Å². The van der Waals surface area contributed by atoms with E-state index in [1.165, 1.54) is 0 Å². The number of amides is 2. The van der Waals surface area contributed by atoms with Crippen LogP contribution in [-0.4, -0.2) is 43.1 Å². The Balaban J connectivity index is 1.14. The minimum Gasteiger partial charge on any atom is -0.451 e. The number of nitrogens with zero attached hydrogens (tertiary/aromatic N) is 2. The molecule has 0 aliphatic carbocycles. The average molecular weight is 457 g/mol. The molecule has 1 aliphatic rings. The van der Waals surface area contributed by atoms with E-state index in [0.717, 1.165) is 29.9 Å². The molecule has 2 N–H and O–H groups in total. The predicted octanol–water partition coefficient (Wildman–Crippen LogP) is 4.10. The van der Waals surface area contributed by atoms with Gasteiger partial charge in [-0.3, -0.25) is 9.59 Å². The van der Waals surface area contributed by atoms with E-state index < -0.39 is 0 Å². The number of ether oxygens (including phenoxy) is 1. The summed E-state index contributed by atoms with van der Waals surface area (Å²) in [6, 6.07) is 20.1. The van der Waals surface area contributed by atoms with E-state index in [0.29, 0.717) is 30.2 Å². The van der Waals surface area contributed by atoms with Gasteiger partial charge in [0, 0.05) is 24.2 Å². The maximum Gasteiger partial charge on any atom is 0.291 e. The van der Waals surface area contributed by atoms with Crippen LogP contribution in [-0.2, 0) is 16.0 Å². The monoisotopic (exact) mass is 456 g/mol. The van der Waals surface area contributed by atoms with Crippen LogP contribution in [0.5, 0.6) is 0 Å². The number of aromatic nitrogens is 1. The van der Waals surface area contributed by atoms with E-state index in [9.17, 15) is 9.59 Å². The van der Waals surface area contributed by atoms with Gasteiger partial charge in [0.05, 0.1) is 31.5 Å². The Hall–Kier alpha value is -4.17. The van der Waals surface area contributed by atoms with Gasteiger partial charge in [-0.2, -0.15) is 0 Å². The number of para-hydroxylation sites is 1. The SMILES string of the molecule is O=C(Cc1ccc(NC(=O)c2cc3ccccc3o2)cc1)Nc1ccc(N2CCOCC2)nc1. The molecule has 1 fully saturated rings. The molecule has 5 rings (SSSR count). The van der Waals surface area contributed by atoms with Crippen LogP contribution >= 0.6 is 0 Å². The molecule has 0 bridgehead atoms. The summed E-state index contributed by atoms with van der Waals surface area (Å²) in [6.45, 7) is 3.02. The van der Waals surface area contributed by atoms with Crippen molar-refractivity contribution in [1.82, 2.24) is 4.98 Å². The van der Waals surface area contributed by atoms with Crippen LogP contribution in [0.25, 0.3) is 11.0 Å². The number of hydrogen-bond acceptors (Lipinski definition) is 6. The zero-order valence-corrected chi connectivity index (χ0v) is 18.5. The molecule has 2 aromatic heterocycles. The molecule has 8 nitrogen and oxygen atoms in total. The molecule has 3 heterocycles. The Morgan fingerprint density at radius 2 is 1.68 bits per heavy atom. The molecule has 0 saturated carbocycles. The molecule has 4 aromatic rings. The van der Waals surface area contributed by atoms with Crippen LogP contribution < -0.4 is 15.5 Å². The summed E-state index contributed by atoms with van der Waals surface area (Å²) >= 11 is 0. The zero-order valence-electron chi connectivity index (χ0n) is 18.5. The van der Waals surface area contributed by atoms with Gasteiger partial charge in [-0.15, -0.1) is 0 Å². The molecule has 1 aliphatic heterocycles. The first-order chi connectivity index (χ1) is 16.6. The van der Waals surface area contributed by atoms with Crippen molar-refractivity contribution in [1.29, 1.82) is 0 Å². The van der Waals surface area contributed by atoms with Crippen LogP contribution in [0.3, 0.4) is 0 Å². The van der Waals surface area contributed by atoms with Crippen molar-refractivity contribution in [2.45, 2.75) is 6.42 Å². The van der Waals surface area contributed by atoms with Crippen molar-refractivity contribution in [2.75, 3.05) is 41.8 Å². The Kier molecular flexibility index (Phi) is 6.22. The number of anilines is 3. The quantitative estimate of drug-likeness (QED) is 0.454. The number of rotatable bonds is 6.